The minimum Gasteiger partial charge on any atom is -0.237 e. The van der Waals surface area contributed by atoms with Gasteiger partial charge in [0, 0.05) is 11.0 Å². The van der Waals surface area contributed by atoms with Crippen LogP contribution in [0, 0.1) is 20.8 Å². The maximum absolute atomic E-state index is 4.58. The number of aryl methyl sites for hydroxylation is 1. The van der Waals surface area contributed by atoms with Crippen molar-refractivity contribution in [3.8, 4) is 5.69 Å². The molecule has 1 heterocycles. The van der Waals surface area contributed by atoms with E-state index in [1.54, 1.807) is 0 Å². The summed E-state index contributed by atoms with van der Waals surface area (Å²) in [5.41, 5.74) is 6.00. The Kier molecular flexibility index (Phi) is 3.15. The van der Waals surface area contributed by atoms with Crippen LogP contribution in [0.25, 0.3) is 5.69 Å². The molecule has 84 valence electrons. The molecule has 0 fully saturated rings. The van der Waals surface area contributed by atoms with E-state index in [0.717, 1.165) is 16.7 Å². The van der Waals surface area contributed by atoms with Gasteiger partial charge < -0.3 is 0 Å². The molecule has 3 heteroatoms. The van der Waals surface area contributed by atoms with Crippen molar-refractivity contribution in [3.63, 3.8) is 0 Å². The molecule has 0 aliphatic rings. The highest BCUT2D eigenvalue weighted by molar-refractivity contribution is 9.08. The molecule has 2 rings (SSSR count). The first-order valence-electron chi connectivity index (χ1n) is 5.32. The van der Waals surface area contributed by atoms with Crippen molar-refractivity contribution >= 4 is 15.9 Å². The van der Waals surface area contributed by atoms with Gasteiger partial charge in [0.05, 0.1) is 11.4 Å². The van der Waals surface area contributed by atoms with E-state index in [9.17, 15) is 0 Å². The summed E-state index contributed by atoms with van der Waals surface area (Å²) >= 11 is 3.51. The zero-order valence-electron chi connectivity index (χ0n) is 9.79. The Morgan fingerprint density at radius 3 is 2.44 bits per heavy atom. The zero-order chi connectivity index (χ0) is 11.7. The lowest BCUT2D eigenvalue weighted by Gasteiger charge is -2.09. The third-order valence-electron chi connectivity index (χ3n) is 3.02. The van der Waals surface area contributed by atoms with E-state index in [-0.39, 0.29) is 0 Å². The Morgan fingerprint density at radius 2 is 1.88 bits per heavy atom. The van der Waals surface area contributed by atoms with E-state index >= 15 is 0 Å². The first-order valence-corrected chi connectivity index (χ1v) is 6.44. The molecule has 0 amide bonds. The lowest BCUT2D eigenvalue weighted by molar-refractivity contribution is 0.826. The second-order valence-corrected chi connectivity index (χ2v) is 4.53. The second kappa shape index (κ2) is 4.42. The summed E-state index contributed by atoms with van der Waals surface area (Å²) in [7, 11) is 0. The molecule has 16 heavy (non-hydrogen) atoms. The van der Waals surface area contributed by atoms with Gasteiger partial charge in [0.1, 0.15) is 0 Å². The van der Waals surface area contributed by atoms with Gasteiger partial charge in [0.25, 0.3) is 0 Å². The average molecular weight is 279 g/mol. The third kappa shape index (κ3) is 1.80. The minimum atomic E-state index is 0.848. The Hall–Kier alpha value is -1.09. The highest BCUT2D eigenvalue weighted by atomic mass is 79.9. The average Bonchev–Trinajstić information content (AvgIpc) is 2.57. The van der Waals surface area contributed by atoms with Crippen LogP contribution in [-0.2, 0) is 5.33 Å². The van der Waals surface area contributed by atoms with Crippen molar-refractivity contribution < 1.29 is 0 Å². The van der Waals surface area contributed by atoms with Crippen LogP contribution in [-0.4, -0.2) is 9.78 Å². The van der Waals surface area contributed by atoms with E-state index in [4.69, 9.17) is 0 Å². The number of para-hydroxylation sites is 1. The van der Waals surface area contributed by atoms with Gasteiger partial charge in [-0.05, 0) is 38.0 Å². The topological polar surface area (TPSA) is 17.8 Å². The maximum Gasteiger partial charge on any atom is 0.0689 e. The van der Waals surface area contributed by atoms with Gasteiger partial charge >= 0.3 is 0 Å². The predicted octanol–water partition coefficient (Wildman–Crippen LogP) is 3.69. The molecular formula is C13H15BrN2. The summed E-state index contributed by atoms with van der Waals surface area (Å²) in [6.07, 6.45) is 0. The number of nitrogens with zero attached hydrogens (tertiary/aromatic N) is 2. The standard InChI is InChI=1S/C13H15BrN2/c1-9-10(2)15-16(11(9)3)13-7-5-4-6-12(13)8-14/h4-7H,8H2,1-3H3. The third-order valence-corrected chi connectivity index (χ3v) is 3.62. The van der Waals surface area contributed by atoms with Crippen molar-refractivity contribution in [2.24, 2.45) is 0 Å². The van der Waals surface area contributed by atoms with Gasteiger partial charge in [0.2, 0.25) is 0 Å². The number of aromatic nitrogens is 2. The quantitative estimate of drug-likeness (QED) is 0.766. The molecule has 1 aromatic heterocycles. The molecule has 0 N–H and O–H groups in total. The van der Waals surface area contributed by atoms with E-state index in [1.807, 2.05) is 10.7 Å². The van der Waals surface area contributed by atoms with Gasteiger partial charge in [-0.15, -0.1) is 0 Å². The SMILES string of the molecule is Cc1nn(-c2ccccc2CBr)c(C)c1C. The monoisotopic (exact) mass is 278 g/mol. The summed E-state index contributed by atoms with van der Waals surface area (Å²) in [6, 6.07) is 8.33. The van der Waals surface area contributed by atoms with E-state index in [0.29, 0.717) is 0 Å². The van der Waals surface area contributed by atoms with Crippen LogP contribution < -0.4 is 0 Å². The normalized spacial score (nSPS) is 10.8. The van der Waals surface area contributed by atoms with E-state index < -0.39 is 0 Å². The number of halogens is 1. The van der Waals surface area contributed by atoms with Crippen molar-refractivity contribution in [2.45, 2.75) is 26.1 Å². The summed E-state index contributed by atoms with van der Waals surface area (Å²) in [4.78, 5) is 0. The molecule has 0 aliphatic heterocycles. The fraction of sp³-hybridized carbons (Fsp3) is 0.308. The van der Waals surface area contributed by atoms with Gasteiger partial charge in [0.15, 0.2) is 0 Å². The van der Waals surface area contributed by atoms with Crippen LogP contribution in [0.2, 0.25) is 0 Å². The number of hydrogen-bond acceptors (Lipinski definition) is 1. The molecule has 0 atom stereocenters. The molecule has 0 unspecified atom stereocenters. The molecule has 2 aromatic rings. The van der Waals surface area contributed by atoms with E-state index in [2.05, 4.69) is 60.0 Å². The number of hydrogen-bond donors (Lipinski definition) is 0. The summed E-state index contributed by atoms with van der Waals surface area (Å²) in [5, 5.41) is 5.43. The summed E-state index contributed by atoms with van der Waals surface area (Å²) < 4.78 is 2.03. The van der Waals surface area contributed by atoms with Crippen LogP contribution in [0.5, 0.6) is 0 Å². The summed E-state index contributed by atoms with van der Waals surface area (Å²) in [5.74, 6) is 0. The summed E-state index contributed by atoms with van der Waals surface area (Å²) in [6.45, 7) is 6.28. The smallest absolute Gasteiger partial charge is 0.0689 e. The Labute approximate surface area is 104 Å². The highest BCUT2D eigenvalue weighted by Crippen LogP contribution is 2.21. The van der Waals surface area contributed by atoms with Gasteiger partial charge in [-0.3, -0.25) is 0 Å². The molecular weight excluding hydrogens is 264 g/mol. The van der Waals surface area contributed by atoms with Gasteiger partial charge in [-0.25, -0.2) is 4.68 Å². The zero-order valence-corrected chi connectivity index (χ0v) is 11.4. The lowest BCUT2D eigenvalue weighted by atomic mass is 10.2. The first-order chi connectivity index (χ1) is 7.65. The van der Waals surface area contributed by atoms with Crippen LogP contribution in [0.1, 0.15) is 22.5 Å². The molecule has 0 spiro atoms. The van der Waals surface area contributed by atoms with Crippen molar-refractivity contribution in [3.05, 3.63) is 46.8 Å². The fourth-order valence-electron chi connectivity index (χ4n) is 1.79. The largest absolute Gasteiger partial charge is 0.237 e. The first kappa shape index (κ1) is 11.4. The molecule has 0 saturated heterocycles. The lowest BCUT2D eigenvalue weighted by Crippen LogP contribution is -2.02. The van der Waals surface area contributed by atoms with Gasteiger partial charge in [-0.2, -0.15) is 5.10 Å². The Balaban J connectivity index is 2.63. The molecule has 2 nitrogen and oxygen atoms in total. The maximum atomic E-state index is 4.58. The molecule has 1 aromatic carbocycles. The number of benzene rings is 1. The minimum absolute atomic E-state index is 0.848. The van der Waals surface area contributed by atoms with E-state index in [1.165, 1.54) is 16.8 Å². The molecule has 0 aliphatic carbocycles. The van der Waals surface area contributed by atoms with Crippen LogP contribution >= 0.6 is 15.9 Å². The van der Waals surface area contributed by atoms with Crippen molar-refractivity contribution in [2.75, 3.05) is 0 Å². The van der Waals surface area contributed by atoms with Crippen LogP contribution in [0.3, 0.4) is 0 Å². The fourth-order valence-corrected chi connectivity index (χ4v) is 2.26. The number of alkyl halides is 1. The predicted molar refractivity (Wildman–Crippen MR) is 70.4 cm³/mol. The second-order valence-electron chi connectivity index (χ2n) is 3.97. The van der Waals surface area contributed by atoms with Gasteiger partial charge in [-0.1, -0.05) is 34.1 Å². The Morgan fingerprint density at radius 1 is 1.19 bits per heavy atom. The molecule has 0 bridgehead atoms. The van der Waals surface area contributed by atoms with Crippen molar-refractivity contribution in [1.82, 2.24) is 9.78 Å². The number of rotatable bonds is 2. The van der Waals surface area contributed by atoms with Crippen LogP contribution in [0.15, 0.2) is 24.3 Å². The highest BCUT2D eigenvalue weighted by Gasteiger charge is 2.10. The molecule has 0 radical (unpaired) electrons. The van der Waals surface area contributed by atoms with Crippen molar-refractivity contribution in [1.29, 1.82) is 0 Å². The molecule has 0 saturated carbocycles. The Bertz CT molecular complexity index is 515. The van der Waals surface area contributed by atoms with Crippen LogP contribution in [0.4, 0.5) is 0 Å².